The quantitative estimate of drug-likeness (QED) is 0.631. The van der Waals surface area contributed by atoms with Gasteiger partial charge in [0, 0.05) is 37.6 Å². The molecule has 1 fully saturated rings. The first-order valence-corrected chi connectivity index (χ1v) is 10.9. The molecule has 1 saturated heterocycles. The van der Waals surface area contributed by atoms with Crippen LogP contribution in [0.2, 0.25) is 0 Å². The fourth-order valence-corrected chi connectivity index (χ4v) is 4.36. The second-order valence-electron chi connectivity index (χ2n) is 6.96. The van der Waals surface area contributed by atoms with E-state index in [4.69, 9.17) is 9.73 Å². The predicted molar refractivity (Wildman–Crippen MR) is 113 cm³/mol. The van der Waals surface area contributed by atoms with Gasteiger partial charge < -0.3 is 15.0 Å². The number of benzene rings is 1. The molecule has 0 unspecified atom stereocenters. The molecule has 0 spiro atoms. The molecule has 142 valence electrons. The average Bonchev–Trinajstić information content (AvgIpc) is 2.72. The minimum absolute atomic E-state index is 0.236. The fourth-order valence-electron chi connectivity index (χ4n) is 3.59. The maximum absolute atomic E-state index is 5.56. The molecule has 0 amide bonds. The highest BCUT2D eigenvalue weighted by molar-refractivity contribution is 8.00. The van der Waals surface area contributed by atoms with E-state index in [9.17, 15) is 0 Å². The molecule has 0 bridgehead atoms. The lowest BCUT2D eigenvalue weighted by atomic mass is 9.99. The molecule has 26 heavy (non-hydrogen) atoms. The van der Waals surface area contributed by atoms with Gasteiger partial charge in [0.2, 0.25) is 0 Å². The fraction of sp³-hybridized carbons (Fsp3) is 0.571. The Hall–Kier alpha value is -1.46. The highest BCUT2D eigenvalue weighted by Crippen LogP contribution is 2.34. The van der Waals surface area contributed by atoms with E-state index in [-0.39, 0.29) is 4.75 Å². The van der Waals surface area contributed by atoms with Gasteiger partial charge in [-0.05, 0) is 43.6 Å². The van der Waals surface area contributed by atoms with Crippen molar-refractivity contribution in [2.24, 2.45) is 4.99 Å². The number of hydrogen-bond acceptors (Lipinski definition) is 3. The minimum Gasteiger partial charge on any atom is -0.381 e. The van der Waals surface area contributed by atoms with Crippen LogP contribution in [0.1, 0.15) is 31.7 Å². The van der Waals surface area contributed by atoms with Gasteiger partial charge in [0.05, 0.1) is 6.54 Å². The van der Waals surface area contributed by atoms with E-state index < -0.39 is 0 Å². The van der Waals surface area contributed by atoms with Crippen molar-refractivity contribution in [3.05, 3.63) is 42.0 Å². The number of hydrogen-bond donors (Lipinski definition) is 1. The number of aliphatic imine (C=N–C) groups is 1. The molecule has 4 nitrogen and oxygen atoms in total. The van der Waals surface area contributed by atoms with Crippen LogP contribution in [0, 0.1) is 0 Å². The Morgan fingerprint density at radius 1 is 1.27 bits per heavy atom. The van der Waals surface area contributed by atoms with E-state index in [1.54, 1.807) is 0 Å². The van der Waals surface area contributed by atoms with E-state index in [0.717, 1.165) is 64.6 Å². The third kappa shape index (κ3) is 4.83. The summed E-state index contributed by atoms with van der Waals surface area (Å²) in [6, 6.07) is 10.7. The number of guanidine groups is 1. The zero-order valence-corrected chi connectivity index (χ0v) is 16.9. The molecule has 1 aromatic rings. The van der Waals surface area contributed by atoms with Gasteiger partial charge >= 0.3 is 0 Å². The molecule has 2 aliphatic heterocycles. The molecular formula is C21H31N3OS. The summed E-state index contributed by atoms with van der Waals surface area (Å²) >= 11 is 1.95. The highest BCUT2D eigenvalue weighted by atomic mass is 32.2. The van der Waals surface area contributed by atoms with E-state index in [0.29, 0.717) is 0 Å². The molecular weight excluding hydrogens is 342 g/mol. The molecule has 3 rings (SSSR count). The number of ether oxygens (including phenoxy) is 1. The van der Waals surface area contributed by atoms with Crippen LogP contribution in [0.3, 0.4) is 0 Å². The van der Waals surface area contributed by atoms with Gasteiger partial charge in [0.15, 0.2) is 5.96 Å². The Kier molecular flexibility index (Phi) is 7.03. The van der Waals surface area contributed by atoms with Crippen molar-refractivity contribution in [2.45, 2.75) is 30.9 Å². The van der Waals surface area contributed by atoms with E-state index in [1.165, 1.54) is 11.1 Å². The molecule has 0 atom stereocenters. The van der Waals surface area contributed by atoms with Gasteiger partial charge in [-0.3, -0.25) is 4.99 Å². The van der Waals surface area contributed by atoms with Gasteiger partial charge in [-0.15, -0.1) is 0 Å². The maximum Gasteiger partial charge on any atom is 0.194 e. The molecule has 5 heteroatoms. The lowest BCUT2D eigenvalue weighted by Crippen LogP contribution is -2.45. The third-order valence-electron chi connectivity index (χ3n) is 5.34. The van der Waals surface area contributed by atoms with Crippen LogP contribution < -0.4 is 5.32 Å². The Morgan fingerprint density at radius 2 is 2.04 bits per heavy atom. The van der Waals surface area contributed by atoms with Crippen LogP contribution in [0.25, 0.3) is 5.57 Å². The second kappa shape index (κ2) is 9.47. The van der Waals surface area contributed by atoms with E-state index in [2.05, 4.69) is 59.8 Å². The van der Waals surface area contributed by atoms with Crippen molar-refractivity contribution >= 4 is 23.3 Å². The zero-order valence-electron chi connectivity index (χ0n) is 16.0. The topological polar surface area (TPSA) is 36.9 Å². The van der Waals surface area contributed by atoms with Crippen LogP contribution in [0.15, 0.2) is 41.4 Å². The summed E-state index contributed by atoms with van der Waals surface area (Å²) < 4.78 is 5.79. The molecule has 0 saturated carbocycles. The van der Waals surface area contributed by atoms with Crippen LogP contribution in [-0.4, -0.2) is 61.3 Å². The summed E-state index contributed by atoms with van der Waals surface area (Å²) in [7, 11) is 0. The lowest BCUT2D eigenvalue weighted by Gasteiger charge is -2.35. The summed E-state index contributed by atoms with van der Waals surface area (Å²) in [5.41, 5.74) is 2.79. The Labute approximate surface area is 162 Å². The lowest BCUT2D eigenvalue weighted by molar-refractivity contribution is 0.0793. The van der Waals surface area contributed by atoms with Crippen molar-refractivity contribution < 1.29 is 4.74 Å². The molecule has 0 aliphatic carbocycles. The Balaban J connectivity index is 1.67. The van der Waals surface area contributed by atoms with Crippen molar-refractivity contribution in [3.63, 3.8) is 0 Å². The SMILES string of the molecule is CCNC(=NCC1(SC)CCOCC1)N1CC=C(c2ccccc2)CC1. The smallest absolute Gasteiger partial charge is 0.194 e. The molecule has 2 aliphatic rings. The molecule has 2 heterocycles. The van der Waals surface area contributed by atoms with Crippen LogP contribution in [0.5, 0.6) is 0 Å². The van der Waals surface area contributed by atoms with Gasteiger partial charge in [0.1, 0.15) is 0 Å². The van der Waals surface area contributed by atoms with Gasteiger partial charge in [0.25, 0.3) is 0 Å². The summed E-state index contributed by atoms with van der Waals surface area (Å²) in [6.45, 7) is 7.57. The van der Waals surface area contributed by atoms with Crippen LogP contribution in [-0.2, 0) is 4.74 Å². The summed E-state index contributed by atoms with van der Waals surface area (Å²) in [5.74, 6) is 1.05. The van der Waals surface area contributed by atoms with Gasteiger partial charge in [-0.2, -0.15) is 11.8 Å². The standard InChI is InChI=1S/C21H31N3OS/c1-3-22-20(23-17-21(26-2)11-15-25-16-12-21)24-13-9-19(10-14-24)18-7-5-4-6-8-18/h4-9H,3,10-17H2,1-2H3,(H,22,23). The molecule has 1 aromatic carbocycles. The van der Waals surface area contributed by atoms with Crippen molar-refractivity contribution in [1.82, 2.24) is 10.2 Å². The van der Waals surface area contributed by atoms with Gasteiger partial charge in [-0.1, -0.05) is 36.4 Å². The van der Waals surface area contributed by atoms with E-state index in [1.807, 2.05) is 11.8 Å². The largest absolute Gasteiger partial charge is 0.381 e. The highest BCUT2D eigenvalue weighted by Gasteiger charge is 2.32. The first-order chi connectivity index (χ1) is 12.8. The summed E-state index contributed by atoms with van der Waals surface area (Å²) in [6.07, 6.45) is 7.81. The monoisotopic (exact) mass is 373 g/mol. The van der Waals surface area contributed by atoms with Crippen molar-refractivity contribution in [1.29, 1.82) is 0 Å². The average molecular weight is 374 g/mol. The second-order valence-corrected chi connectivity index (χ2v) is 8.24. The zero-order chi connectivity index (χ0) is 18.2. The number of thioether (sulfide) groups is 1. The number of rotatable bonds is 5. The normalized spacial score (nSPS) is 20.6. The third-order valence-corrected chi connectivity index (χ3v) is 6.75. The van der Waals surface area contributed by atoms with E-state index >= 15 is 0 Å². The maximum atomic E-state index is 5.56. The first-order valence-electron chi connectivity index (χ1n) is 9.67. The minimum atomic E-state index is 0.236. The Morgan fingerprint density at radius 3 is 2.65 bits per heavy atom. The summed E-state index contributed by atoms with van der Waals surface area (Å²) in [4.78, 5) is 7.41. The molecule has 0 aromatic heterocycles. The van der Waals surface area contributed by atoms with Crippen LogP contribution in [0.4, 0.5) is 0 Å². The molecule has 0 radical (unpaired) electrons. The van der Waals surface area contributed by atoms with Crippen LogP contribution >= 0.6 is 11.8 Å². The predicted octanol–water partition coefficient (Wildman–Crippen LogP) is 3.65. The van der Waals surface area contributed by atoms with Crippen molar-refractivity contribution in [3.8, 4) is 0 Å². The van der Waals surface area contributed by atoms with Crippen molar-refractivity contribution in [2.75, 3.05) is 45.6 Å². The first kappa shape index (κ1) is 19.3. The number of nitrogens with zero attached hydrogens (tertiary/aromatic N) is 2. The van der Waals surface area contributed by atoms with Gasteiger partial charge in [-0.25, -0.2) is 0 Å². The molecule has 1 N–H and O–H groups in total. The number of nitrogens with one attached hydrogen (secondary N) is 1. The Bertz CT molecular complexity index is 623. The summed E-state index contributed by atoms with van der Waals surface area (Å²) in [5, 5.41) is 3.49.